The quantitative estimate of drug-likeness (QED) is 0.316. The number of hydrogen-bond donors (Lipinski definition) is 1. The molecule has 1 N–H and O–H groups in total. The van der Waals surface area contributed by atoms with E-state index in [0.29, 0.717) is 6.42 Å². The number of unbranched alkanes of at least 4 members (excludes halogenated alkanes) is 3. The van der Waals surface area contributed by atoms with Gasteiger partial charge in [-0.2, -0.15) is 8.42 Å². The molecule has 0 aliphatic rings. The second-order valence-corrected chi connectivity index (χ2v) is 3.92. The van der Waals surface area contributed by atoms with Crippen molar-refractivity contribution in [3.8, 4) is 0 Å². The molecule has 0 aromatic carbocycles. The van der Waals surface area contributed by atoms with E-state index in [1.165, 1.54) is 0 Å². The van der Waals surface area contributed by atoms with E-state index in [4.69, 9.17) is 4.55 Å². The van der Waals surface area contributed by atoms with E-state index in [-0.39, 0.29) is 26.0 Å². The molecule has 64 valence electrons. The van der Waals surface area contributed by atoms with Gasteiger partial charge in [0, 0.05) is 0 Å². The summed E-state index contributed by atoms with van der Waals surface area (Å²) in [4.78, 5) is 0. The van der Waals surface area contributed by atoms with E-state index in [0.717, 1.165) is 19.3 Å². The molecule has 0 bridgehead atoms. The Kier molecular flexibility index (Phi) is 9.16. The molecular formula is C6H15LiO3S. The van der Waals surface area contributed by atoms with Crippen LogP contribution in [0.4, 0.5) is 0 Å². The second-order valence-electron chi connectivity index (χ2n) is 2.35. The van der Waals surface area contributed by atoms with Gasteiger partial charge in [0.1, 0.15) is 0 Å². The molecule has 11 heavy (non-hydrogen) atoms. The van der Waals surface area contributed by atoms with Crippen molar-refractivity contribution >= 4 is 10.1 Å². The molecule has 0 fully saturated rings. The first-order chi connectivity index (χ1) is 4.56. The molecule has 0 rings (SSSR count). The van der Waals surface area contributed by atoms with Crippen LogP contribution in [-0.4, -0.2) is 18.7 Å². The molecule has 0 amide bonds. The summed E-state index contributed by atoms with van der Waals surface area (Å²) in [5.41, 5.74) is 0. The summed E-state index contributed by atoms with van der Waals surface area (Å²) < 4.78 is 28.6. The van der Waals surface area contributed by atoms with Gasteiger partial charge in [0.15, 0.2) is 0 Å². The van der Waals surface area contributed by atoms with Crippen LogP contribution in [0.15, 0.2) is 0 Å². The molecule has 0 saturated heterocycles. The van der Waals surface area contributed by atoms with Crippen molar-refractivity contribution in [1.29, 1.82) is 0 Å². The van der Waals surface area contributed by atoms with Crippen LogP contribution in [0.3, 0.4) is 0 Å². The molecule has 0 heterocycles. The van der Waals surface area contributed by atoms with Gasteiger partial charge in [-0.1, -0.05) is 26.2 Å². The molecule has 0 radical (unpaired) electrons. The van der Waals surface area contributed by atoms with Crippen LogP contribution >= 0.6 is 0 Å². The average molecular weight is 174 g/mol. The zero-order valence-electron chi connectivity index (χ0n) is 8.21. The fourth-order valence-corrected chi connectivity index (χ4v) is 1.28. The molecule has 0 atom stereocenters. The van der Waals surface area contributed by atoms with Gasteiger partial charge in [-0.15, -0.1) is 0 Å². The summed E-state index contributed by atoms with van der Waals surface area (Å²) in [6.45, 7) is 2.05. The van der Waals surface area contributed by atoms with Crippen LogP contribution in [0.25, 0.3) is 0 Å². The van der Waals surface area contributed by atoms with E-state index < -0.39 is 10.1 Å². The van der Waals surface area contributed by atoms with E-state index >= 15 is 0 Å². The first-order valence-electron chi connectivity index (χ1n) is 3.51. The van der Waals surface area contributed by atoms with Crippen LogP contribution in [0.1, 0.15) is 34.0 Å². The Hall–Kier alpha value is 0.507. The Morgan fingerprint density at radius 1 is 1.27 bits per heavy atom. The molecule has 0 aliphatic heterocycles. The summed E-state index contributed by atoms with van der Waals surface area (Å²) >= 11 is 0. The molecule has 0 aromatic heterocycles. The summed E-state index contributed by atoms with van der Waals surface area (Å²) in [5, 5.41) is 0. The third kappa shape index (κ3) is 13.5. The predicted octanol–water partition coefficient (Wildman–Crippen LogP) is -1.43. The van der Waals surface area contributed by atoms with Crippen LogP contribution < -0.4 is 18.9 Å². The van der Waals surface area contributed by atoms with Crippen molar-refractivity contribution in [1.82, 2.24) is 0 Å². The zero-order chi connectivity index (χ0) is 8.04. The smallest absolute Gasteiger partial charge is 1.00 e. The van der Waals surface area contributed by atoms with E-state index in [2.05, 4.69) is 0 Å². The molecule has 0 saturated carbocycles. The maximum absolute atomic E-state index is 10.1. The van der Waals surface area contributed by atoms with Crippen LogP contribution in [-0.2, 0) is 10.1 Å². The third-order valence-corrected chi connectivity index (χ3v) is 2.06. The second kappa shape index (κ2) is 7.17. The largest absolute Gasteiger partial charge is 1.00 e. The minimum absolute atomic E-state index is 0. The summed E-state index contributed by atoms with van der Waals surface area (Å²) in [5.74, 6) is -0.0903. The predicted molar refractivity (Wildman–Crippen MR) is 41.7 cm³/mol. The van der Waals surface area contributed by atoms with E-state index in [1.54, 1.807) is 0 Å². The number of rotatable bonds is 5. The van der Waals surface area contributed by atoms with Crippen molar-refractivity contribution in [3.63, 3.8) is 0 Å². The Balaban J connectivity index is -0.000000405. The van der Waals surface area contributed by atoms with Gasteiger partial charge in [-0.05, 0) is 6.42 Å². The van der Waals surface area contributed by atoms with Crippen LogP contribution in [0.2, 0.25) is 0 Å². The number of hydrogen-bond acceptors (Lipinski definition) is 2. The van der Waals surface area contributed by atoms with Crippen molar-refractivity contribution in [2.24, 2.45) is 0 Å². The Bertz CT molecular complexity index is 170. The summed E-state index contributed by atoms with van der Waals surface area (Å²) in [6.07, 6.45) is 3.57. The SMILES string of the molecule is CCCCCCS(=O)(=O)O.[H-].[Li+]. The van der Waals surface area contributed by atoms with Gasteiger partial charge in [-0.3, -0.25) is 4.55 Å². The third-order valence-electron chi connectivity index (χ3n) is 1.26. The fourth-order valence-electron chi connectivity index (χ4n) is 0.711. The fraction of sp³-hybridized carbons (Fsp3) is 1.00. The Morgan fingerprint density at radius 3 is 2.18 bits per heavy atom. The normalized spacial score (nSPS) is 10.7. The molecule has 3 nitrogen and oxygen atoms in total. The van der Waals surface area contributed by atoms with Crippen LogP contribution in [0, 0.1) is 0 Å². The van der Waals surface area contributed by atoms with E-state index in [9.17, 15) is 8.42 Å². The molecule has 0 aliphatic carbocycles. The summed E-state index contributed by atoms with van der Waals surface area (Å²) in [7, 11) is -3.70. The molecule has 0 unspecified atom stereocenters. The van der Waals surface area contributed by atoms with Crippen molar-refractivity contribution in [2.45, 2.75) is 32.6 Å². The van der Waals surface area contributed by atoms with E-state index in [1.807, 2.05) is 6.92 Å². The minimum atomic E-state index is -3.70. The van der Waals surface area contributed by atoms with Gasteiger partial charge >= 0.3 is 18.9 Å². The van der Waals surface area contributed by atoms with Gasteiger partial charge in [0.05, 0.1) is 5.75 Å². The van der Waals surface area contributed by atoms with Gasteiger partial charge in [0.2, 0.25) is 0 Å². The Labute approximate surface area is 82.0 Å². The van der Waals surface area contributed by atoms with Crippen molar-refractivity contribution < 1.29 is 33.3 Å². The zero-order valence-corrected chi connectivity index (χ0v) is 8.02. The van der Waals surface area contributed by atoms with Crippen molar-refractivity contribution in [3.05, 3.63) is 0 Å². The maximum atomic E-state index is 10.1. The topological polar surface area (TPSA) is 54.4 Å². The van der Waals surface area contributed by atoms with Crippen LogP contribution in [0.5, 0.6) is 0 Å². The molecule has 0 aromatic rings. The monoisotopic (exact) mass is 174 g/mol. The molecule has 5 heteroatoms. The molecule has 0 spiro atoms. The standard InChI is InChI=1S/C6H14O3S.Li.H/c1-2-3-4-5-6-10(7,8)9;;/h2-6H2,1H3,(H,7,8,9);;/q;+1;-1. The Morgan fingerprint density at radius 2 is 1.82 bits per heavy atom. The maximum Gasteiger partial charge on any atom is 1.00 e. The first-order valence-corrected chi connectivity index (χ1v) is 5.12. The van der Waals surface area contributed by atoms with Crippen molar-refractivity contribution in [2.75, 3.05) is 5.75 Å². The van der Waals surface area contributed by atoms with Gasteiger partial charge in [0.25, 0.3) is 10.1 Å². The van der Waals surface area contributed by atoms with Gasteiger partial charge < -0.3 is 1.43 Å². The van der Waals surface area contributed by atoms with Gasteiger partial charge in [-0.25, -0.2) is 0 Å². The summed E-state index contributed by atoms with van der Waals surface area (Å²) in [6, 6.07) is 0. The minimum Gasteiger partial charge on any atom is -1.00 e. The molecular weight excluding hydrogens is 159 g/mol. The first kappa shape index (κ1) is 14.1. The average Bonchev–Trinajstić information content (AvgIpc) is 1.78.